The van der Waals surface area contributed by atoms with Crippen molar-refractivity contribution in [1.82, 2.24) is 4.98 Å². The van der Waals surface area contributed by atoms with Crippen molar-refractivity contribution < 1.29 is 13.6 Å². The van der Waals surface area contributed by atoms with Crippen LogP contribution >= 0.6 is 0 Å². The number of hydrogen-bond acceptors (Lipinski definition) is 6. The van der Waals surface area contributed by atoms with Gasteiger partial charge in [-0.3, -0.25) is 0 Å². The molecule has 1 fully saturated rings. The summed E-state index contributed by atoms with van der Waals surface area (Å²) in [5.41, 5.74) is 0.301. The zero-order valence-corrected chi connectivity index (χ0v) is 17.4. The second kappa shape index (κ2) is 8.19. The lowest BCUT2D eigenvalue weighted by Crippen LogP contribution is -2.32. The Balaban J connectivity index is 1.30. The van der Waals surface area contributed by atoms with E-state index in [1.807, 2.05) is 36.4 Å². The van der Waals surface area contributed by atoms with E-state index < -0.39 is 0 Å². The van der Waals surface area contributed by atoms with Crippen LogP contribution in [0.25, 0.3) is 22.4 Å². The molecule has 3 heterocycles. The van der Waals surface area contributed by atoms with Crippen molar-refractivity contribution in [3.8, 4) is 23.5 Å². The lowest BCUT2D eigenvalue weighted by molar-refractivity contribution is 0.271. The van der Waals surface area contributed by atoms with Gasteiger partial charge in [0.15, 0.2) is 5.76 Å². The van der Waals surface area contributed by atoms with E-state index in [1.165, 1.54) is 5.39 Å². The van der Waals surface area contributed by atoms with Crippen LogP contribution in [-0.2, 0) is 6.61 Å². The van der Waals surface area contributed by atoms with Gasteiger partial charge in [0.25, 0.3) is 5.89 Å². The van der Waals surface area contributed by atoms with Gasteiger partial charge in [0.1, 0.15) is 24.2 Å². The molecule has 1 aliphatic rings. The molecule has 156 valence electrons. The summed E-state index contributed by atoms with van der Waals surface area (Å²) >= 11 is 0. The van der Waals surface area contributed by atoms with Crippen LogP contribution in [0.5, 0.6) is 5.75 Å². The van der Waals surface area contributed by atoms with Crippen LogP contribution in [-0.4, -0.2) is 18.1 Å². The Labute approximate surface area is 180 Å². The summed E-state index contributed by atoms with van der Waals surface area (Å²) in [5.74, 6) is 3.48. The molecule has 5 rings (SSSR count). The van der Waals surface area contributed by atoms with Gasteiger partial charge in [-0.25, -0.2) is 0 Å². The lowest BCUT2D eigenvalue weighted by Gasteiger charge is -2.29. The highest BCUT2D eigenvalue weighted by molar-refractivity contribution is 5.83. The molecule has 1 aliphatic heterocycles. The molecule has 0 spiro atoms. The van der Waals surface area contributed by atoms with E-state index in [9.17, 15) is 5.26 Å². The molecule has 0 atom stereocenters. The van der Waals surface area contributed by atoms with E-state index in [0.717, 1.165) is 37.1 Å². The number of aromatic nitrogens is 1. The minimum Gasteiger partial charge on any atom is -0.486 e. The largest absolute Gasteiger partial charge is 0.486 e. The highest BCUT2D eigenvalue weighted by Crippen LogP contribution is 2.32. The summed E-state index contributed by atoms with van der Waals surface area (Å²) in [6.45, 7) is 4.28. The number of hydrogen-bond donors (Lipinski definition) is 0. The monoisotopic (exact) mass is 413 g/mol. The van der Waals surface area contributed by atoms with E-state index in [4.69, 9.17) is 13.6 Å². The fourth-order valence-electron chi connectivity index (χ4n) is 3.90. The molecule has 0 unspecified atom stereocenters. The molecule has 0 saturated carbocycles. The van der Waals surface area contributed by atoms with Crippen LogP contribution in [0.2, 0.25) is 0 Å². The zero-order chi connectivity index (χ0) is 21.2. The molecule has 2 aromatic carbocycles. The van der Waals surface area contributed by atoms with Crippen molar-refractivity contribution in [2.75, 3.05) is 18.0 Å². The molecular formula is C25H23N3O3. The normalized spacial score (nSPS) is 14.6. The Kier molecular flexibility index (Phi) is 5.09. The average molecular weight is 413 g/mol. The Morgan fingerprint density at radius 3 is 2.68 bits per heavy atom. The number of anilines is 1. The maximum Gasteiger partial charge on any atom is 0.266 e. The molecule has 31 heavy (non-hydrogen) atoms. The van der Waals surface area contributed by atoms with Crippen molar-refractivity contribution in [1.29, 1.82) is 5.26 Å². The van der Waals surface area contributed by atoms with E-state index in [1.54, 1.807) is 6.07 Å². The molecule has 0 bridgehead atoms. The second-order valence-electron chi connectivity index (χ2n) is 8.02. The van der Waals surface area contributed by atoms with Gasteiger partial charge >= 0.3 is 0 Å². The van der Waals surface area contributed by atoms with Gasteiger partial charge in [0.2, 0.25) is 11.6 Å². The Bertz CT molecular complexity index is 1240. The third-order valence-corrected chi connectivity index (χ3v) is 5.76. The Hall–Kier alpha value is -3.72. The minimum absolute atomic E-state index is 0.293. The fraction of sp³-hybridized carbons (Fsp3) is 0.280. The molecule has 0 amide bonds. The van der Waals surface area contributed by atoms with E-state index in [2.05, 4.69) is 35.0 Å². The third kappa shape index (κ3) is 3.99. The van der Waals surface area contributed by atoms with Gasteiger partial charge in [0, 0.05) is 13.1 Å². The predicted octanol–water partition coefficient (Wildman–Crippen LogP) is 5.77. The predicted molar refractivity (Wildman–Crippen MR) is 118 cm³/mol. The van der Waals surface area contributed by atoms with E-state index in [0.29, 0.717) is 41.5 Å². The van der Waals surface area contributed by atoms with Crippen LogP contribution in [0.4, 0.5) is 5.88 Å². The number of benzene rings is 2. The van der Waals surface area contributed by atoms with E-state index in [-0.39, 0.29) is 0 Å². The molecule has 0 radical (unpaired) electrons. The first-order valence-corrected chi connectivity index (χ1v) is 10.6. The topological polar surface area (TPSA) is 75.4 Å². The second-order valence-corrected chi connectivity index (χ2v) is 8.02. The van der Waals surface area contributed by atoms with Gasteiger partial charge in [-0.05, 0) is 53.8 Å². The van der Waals surface area contributed by atoms with Crippen LogP contribution in [0.3, 0.4) is 0 Å². The van der Waals surface area contributed by atoms with Crippen molar-refractivity contribution >= 4 is 16.7 Å². The minimum atomic E-state index is 0.293. The number of ether oxygens (including phenoxy) is 1. The number of rotatable bonds is 5. The summed E-state index contributed by atoms with van der Waals surface area (Å²) < 4.78 is 17.7. The average Bonchev–Trinajstić information content (AvgIpc) is 3.45. The number of oxazole rings is 1. The summed E-state index contributed by atoms with van der Waals surface area (Å²) in [4.78, 5) is 6.45. The van der Waals surface area contributed by atoms with Crippen LogP contribution < -0.4 is 9.64 Å². The van der Waals surface area contributed by atoms with Crippen molar-refractivity contribution in [2.24, 2.45) is 5.92 Å². The zero-order valence-electron chi connectivity index (χ0n) is 17.4. The molecule has 6 heteroatoms. The van der Waals surface area contributed by atoms with Gasteiger partial charge in [-0.15, -0.1) is 0 Å². The quantitative estimate of drug-likeness (QED) is 0.413. The maximum atomic E-state index is 9.50. The van der Waals surface area contributed by atoms with Crippen LogP contribution in [0, 0.1) is 17.2 Å². The highest BCUT2D eigenvalue weighted by Gasteiger charge is 2.25. The number of nitriles is 1. The number of piperidine rings is 1. The molecular weight excluding hydrogens is 390 g/mol. The van der Waals surface area contributed by atoms with Crippen molar-refractivity contribution in [3.63, 3.8) is 0 Å². The number of furan rings is 1. The van der Waals surface area contributed by atoms with Crippen LogP contribution in [0.1, 0.15) is 31.2 Å². The summed E-state index contributed by atoms with van der Waals surface area (Å²) in [5, 5.41) is 11.8. The van der Waals surface area contributed by atoms with Gasteiger partial charge in [-0.2, -0.15) is 10.2 Å². The fourth-order valence-corrected chi connectivity index (χ4v) is 3.90. The molecule has 6 nitrogen and oxygen atoms in total. The first-order chi connectivity index (χ1) is 15.2. The molecule has 0 N–H and O–H groups in total. The Morgan fingerprint density at radius 2 is 1.87 bits per heavy atom. The Morgan fingerprint density at radius 1 is 1.06 bits per heavy atom. The van der Waals surface area contributed by atoms with Gasteiger partial charge < -0.3 is 18.5 Å². The summed E-state index contributed by atoms with van der Waals surface area (Å²) in [6, 6.07) is 20.0. The molecule has 2 aromatic heterocycles. The SMILES string of the molecule is CC1CCN(c2oc(-c3ccc(COc4ccc5ccccc5c4)o3)nc2C#N)CC1. The summed E-state index contributed by atoms with van der Waals surface area (Å²) in [6.07, 6.45) is 2.16. The number of nitrogens with zero attached hydrogens (tertiary/aromatic N) is 3. The van der Waals surface area contributed by atoms with Crippen molar-refractivity contribution in [3.05, 3.63) is 66.1 Å². The van der Waals surface area contributed by atoms with E-state index >= 15 is 0 Å². The molecule has 1 saturated heterocycles. The van der Waals surface area contributed by atoms with Gasteiger partial charge in [0.05, 0.1) is 0 Å². The van der Waals surface area contributed by atoms with Gasteiger partial charge in [-0.1, -0.05) is 37.3 Å². The van der Waals surface area contributed by atoms with Crippen molar-refractivity contribution in [2.45, 2.75) is 26.4 Å². The maximum absolute atomic E-state index is 9.50. The number of fused-ring (bicyclic) bond motifs is 1. The smallest absolute Gasteiger partial charge is 0.266 e. The first-order valence-electron chi connectivity index (χ1n) is 10.6. The third-order valence-electron chi connectivity index (χ3n) is 5.76. The standard InChI is InChI=1S/C25H23N3O3/c1-17-10-12-28(13-11-17)25-22(15-26)27-24(31-25)23-9-8-21(30-23)16-29-20-7-6-18-4-2-3-5-19(18)14-20/h2-9,14,17H,10-13,16H2,1H3. The van der Waals surface area contributed by atoms with Crippen LogP contribution in [0.15, 0.2) is 63.4 Å². The molecule has 4 aromatic rings. The lowest BCUT2D eigenvalue weighted by atomic mass is 9.99. The summed E-state index contributed by atoms with van der Waals surface area (Å²) in [7, 11) is 0. The first kappa shape index (κ1) is 19.3. The molecule has 0 aliphatic carbocycles. The highest BCUT2D eigenvalue weighted by atomic mass is 16.5.